The third kappa shape index (κ3) is 3.78. The van der Waals surface area contributed by atoms with Gasteiger partial charge >= 0.3 is 0 Å². The van der Waals surface area contributed by atoms with E-state index in [-0.39, 0.29) is 11.8 Å². The Hall–Kier alpha value is -1.39. The molecule has 1 saturated heterocycles. The molecule has 1 aromatic carbocycles. The topological polar surface area (TPSA) is 49.6 Å². The molecule has 0 radical (unpaired) electrons. The lowest BCUT2D eigenvalue weighted by molar-refractivity contribution is -0.136. The lowest BCUT2D eigenvalue weighted by Crippen LogP contribution is -2.50. The van der Waals surface area contributed by atoms with Crippen LogP contribution in [0.5, 0.6) is 0 Å². The van der Waals surface area contributed by atoms with Crippen molar-refractivity contribution in [2.45, 2.75) is 13.5 Å². The predicted octanol–water partition coefficient (Wildman–Crippen LogP) is 0.926. The van der Waals surface area contributed by atoms with E-state index >= 15 is 0 Å². The summed E-state index contributed by atoms with van der Waals surface area (Å²) >= 11 is 0. The van der Waals surface area contributed by atoms with Crippen LogP contribution in [0, 0.1) is 5.92 Å². The van der Waals surface area contributed by atoms with Gasteiger partial charge in [-0.15, -0.1) is 0 Å². The molecular weight excluding hydrogens is 238 g/mol. The monoisotopic (exact) mass is 261 g/mol. The molecule has 1 aliphatic heterocycles. The van der Waals surface area contributed by atoms with Crippen molar-refractivity contribution >= 4 is 5.91 Å². The number of carbonyl (C=O) groups excluding carboxylic acids is 1. The molecule has 1 unspecified atom stereocenters. The Morgan fingerprint density at radius 2 is 1.84 bits per heavy atom. The summed E-state index contributed by atoms with van der Waals surface area (Å²) in [5.41, 5.74) is 6.88. The van der Waals surface area contributed by atoms with Crippen molar-refractivity contribution in [1.29, 1.82) is 0 Å². The van der Waals surface area contributed by atoms with Crippen molar-refractivity contribution < 1.29 is 4.79 Å². The van der Waals surface area contributed by atoms with E-state index in [2.05, 4.69) is 29.2 Å². The largest absolute Gasteiger partial charge is 0.340 e. The highest BCUT2D eigenvalue weighted by molar-refractivity contribution is 5.78. The fourth-order valence-electron chi connectivity index (χ4n) is 2.38. The Morgan fingerprint density at radius 1 is 1.21 bits per heavy atom. The van der Waals surface area contributed by atoms with Crippen LogP contribution in [0.3, 0.4) is 0 Å². The van der Waals surface area contributed by atoms with Crippen LogP contribution in [0.4, 0.5) is 0 Å². The highest BCUT2D eigenvalue weighted by atomic mass is 16.2. The zero-order valence-electron chi connectivity index (χ0n) is 11.6. The first-order valence-corrected chi connectivity index (χ1v) is 6.96. The van der Waals surface area contributed by atoms with Gasteiger partial charge in [-0.2, -0.15) is 0 Å². The molecule has 1 aliphatic rings. The second kappa shape index (κ2) is 6.68. The van der Waals surface area contributed by atoms with Crippen LogP contribution in [-0.4, -0.2) is 48.4 Å². The molecular formula is C15H23N3O. The summed E-state index contributed by atoms with van der Waals surface area (Å²) in [6.45, 7) is 6.82. The van der Waals surface area contributed by atoms with E-state index in [1.807, 2.05) is 17.9 Å². The lowest BCUT2D eigenvalue weighted by Gasteiger charge is -2.35. The zero-order valence-corrected chi connectivity index (χ0v) is 11.6. The molecule has 2 N–H and O–H groups in total. The van der Waals surface area contributed by atoms with Crippen molar-refractivity contribution in [2.75, 3.05) is 32.7 Å². The summed E-state index contributed by atoms with van der Waals surface area (Å²) < 4.78 is 0. The molecule has 0 saturated carbocycles. The summed E-state index contributed by atoms with van der Waals surface area (Å²) in [6.07, 6.45) is 0. The minimum absolute atomic E-state index is 0.0549. The molecule has 0 aliphatic carbocycles. The van der Waals surface area contributed by atoms with Crippen LogP contribution in [0.1, 0.15) is 12.5 Å². The SMILES string of the molecule is CC(CN)C(=O)N1CCN(Cc2ccccc2)CC1. The van der Waals surface area contributed by atoms with Crippen LogP contribution in [0.25, 0.3) is 0 Å². The number of carbonyl (C=O) groups is 1. The van der Waals surface area contributed by atoms with Crippen molar-refractivity contribution in [3.63, 3.8) is 0 Å². The van der Waals surface area contributed by atoms with Crippen LogP contribution < -0.4 is 5.73 Å². The predicted molar refractivity (Wildman–Crippen MR) is 76.5 cm³/mol. The first-order chi connectivity index (χ1) is 9.20. The lowest BCUT2D eigenvalue weighted by atomic mass is 10.1. The molecule has 2 rings (SSSR count). The quantitative estimate of drug-likeness (QED) is 0.877. The molecule has 4 heteroatoms. The minimum Gasteiger partial charge on any atom is -0.340 e. The van der Waals surface area contributed by atoms with E-state index in [1.165, 1.54) is 5.56 Å². The third-order valence-corrected chi connectivity index (χ3v) is 3.71. The van der Waals surface area contributed by atoms with Crippen LogP contribution in [0.2, 0.25) is 0 Å². The molecule has 1 amide bonds. The van der Waals surface area contributed by atoms with Crippen molar-refractivity contribution in [2.24, 2.45) is 11.7 Å². The van der Waals surface area contributed by atoms with Gasteiger partial charge in [0, 0.05) is 45.2 Å². The van der Waals surface area contributed by atoms with Gasteiger partial charge in [-0.25, -0.2) is 0 Å². The van der Waals surface area contributed by atoms with Crippen LogP contribution in [0.15, 0.2) is 30.3 Å². The van der Waals surface area contributed by atoms with Gasteiger partial charge < -0.3 is 10.6 Å². The molecule has 1 heterocycles. The first kappa shape index (κ1) is 14.0. The summed E-state index contributed by atoms with van der Waals surface area (Å²) in [5.74, 6) is 0.141. The number of piperazine rings is 1. The van der Waals surface area contributed by atoms with Crippen molar-refractivity contribution in [1.82, 2.24) is 9.80 Å². The third-order valence-electron chi connectivity index (χ3n) is 3.71. The molecule has 1 fully saturated rings. The highest BCUT2D eigenvalue weighted by Crippen LogP contribution is 2.10. The fraction of sp³-hybridized carbons (Fsp3) is 0.533. The Labute approximate surface area is 115 Å². The van der Waals surface area contributed by atoms with Gasteiger partial charge in [0.1, 0.15) is 0 Å². The maximum Gasteiger partial charge on any atom is 0.226 e. The number of rotatable bonds is 4. The van der Waals surface area contributed by atoms with E-state index in [4.69, 9.17) is 5.73 Å². The average Bonchev–Trinajstić information content (AvgIpc) is 2.47. The number of amides is 1. The number of nitrogens with two attached hydrogens (primary N) is 1. The standard InChI is InChI=1S/C15H23N3O/c1-13(11-16)15(19)18-9-7-17(8-10-18)12-14-5-3-2-4-6-14/h2-6,13H,7-12,16H2,1H3. The van der Waals surface area contributed by atoms with E-state index in [0.29, 0.717) is 6.54 Å². The molecule has 0 bridgehead atoms. The smallest absolute Gasteiger partial charge is 0.226 e. The average molecular weight is 261 g/mol. The molecule has 4 nitrogen and oxygen atoms in total. The second-order valence-corrected chi connectivity index (χ2v) is 5.22. The van der Waals surface area contributed by atoms with Gasteiger partial charge in [-0.3, -0.25) is 9.69 Å². The molecule has 104 valence electrons. The zero-order chi connectivity index (χ0) is 13.7. The van der Waals surface area contributed by atoms with E-state index in [1.54, 1.807) is 0 Å². The first-order valence-electron chi connectivity index (χ1n) is 6.96. The number of nitrogens with zero attached hydrogens (tertiary/aromatic N) is 2. The van der Waals surface area contributed by atoms with E-state index in [0.717, 1.165) is 32.7 Å². The second-order valence-electron chi connectivity index (χ2n) is 5.22. The van der Waals surface area contributed by atoms with Crippen molar-refractivity contribution in [3.8, 4) is 0 Å². The number of benzene rings is 1. The minimum atomic E-state index is -0.0549. The Morgan fingerprint density at radius 3 is 2.42 bits per heavy atom. The number of hydrogen-bond acceptors (Lipinski definition) is 3. The molecule has 1 aromatic rings. The van der Waals surface area contributed by atoms with Gasteiger partial charge in [0.05, 0.1) is 0 Å². The highest BCUT2D eigenvalue weighted by Gasteiger charge is 2.23. The molecule has 0 aromatic heterocycles. The number of hydrogen-bond donors (Lipinski definition) is 1. The fourth-order valence-corrected chi connectivity index (χ4v) is 2.38. The van der Waals surface area contributed by atoms with Gasteiger partial charge in [-0.05, 0) is 5.56 Å². The summed E-state index contributed by atoms with van der Waals surface area (Å²) in [5, 5.41) is 0. The van der Waals surface area contributed by atoms with Crippen molar-refractivity contribution in [3.05, 3.63) is 35.9 Å². The van der Waals surface area contributed by atoms with Gasteiger partial charge in [0.15, 0.2) is 0 Å². The molecule has 1 atom stereocenters. The van der Waals surface area contributed by atoms with Gasteiger partial charge in [0.2, 0.25) is 5.91 Å². The van der Waals surface area contributed by atoms with Crippen LogP contribution >= 0.6 is 0 Å². The van der Waals surface area contributed by atoms with E-state index in [9.17, 15) is 4.79 Å². The Kier molecular flexibility index (Phi) is 4.93. The normalized spacial score (nSPS) is 18.3. The van der Waals surface area contributed by atoms with Gasteiger partial charge in [-0.1, -0.05) is 37.3 Å². The summed E-state index contributed by atoms with van der Waals surface area (Å²) in [4.78, 5) is 16.4. The Bertz CT molecular complexity index is 399. The Balaban J connectivity index is 1.81. The van der Waals surface area contributed by atoms with Gasteiger partial charge in [0.25, 0.3) is 0 Å². The van der Waals surface area contributed by atoms with Crippen LogP contribution in [-0.2, 0) is 11.3 Å². The molecule has 0 spiro atoms. The van der Waals surface area contributed by atoms with E-state index < -0.39 is 0 Å². The summed E-state index contributed by atoms with van der Waals surface area (Å²) in [7, 11) is 0. The maximum atomic E-state index is 12.0. The maximum absolute atomic E-state index is 12.0. The summed E-state index contributed by atoms with van der Waals surface area (Å²) in [6, 6.07) is 10.5. The molecule has 19 heavy (non-hydrogen) atoms.